The zero-order valence-corrected chi connectivity index (χ0v) is 11.9. The number of piperidine rings is 2. The van der Waals surface area contributed by atoms with Crippen LogP contribution in [0.3, 0.4) is 0 Å². The molecular formula is C16H19FN2O2. The second-order valence-electron chi connectivity index (χ2n) is 5.94. The van der Waals surface area contributed by atoms with Crippen molar-refractivity contribution in [1.29, 1.82) is 0 Å². The van der Waals surface area contributed by atoms with E-state index in [9.17, 15) is 14.0 Å². The number of rotatable bonds is 1. The number of carbonyl (C=O) groups is 2. The van der Waals surface area contributed by atoms with Gasteiger partial charge in [-0.25, -0.2) is 4.39 Å². The molecule has 21 heavy (non-hydrogen) atoms. The molecule has 2 heterocycles. The molecule has 0 saturated carbocycles. The Balaban J connectivity index is 1.66. The quantitative estimate of drug-likeness (QED) is 0.859. The zero-order valence-electron chi connectivity index (χ0n) is 11.9. The van der Waals surface area contributed by atoms with Gasteiger partial charge in [0.15, 0.2) is 0 Å². The van der Waals surface area contributed by atoms with Crippen molar-refractivity contribution in [2.75, 3.05) is 19.6 Å². The number of likely N-dealkylation sites (tertiary alicyclic amines) is 1. The number of nitrogens with one attached hydrogen (secondary N) is 1. The van der Waals surface area contributed by atoms with Gasteiger partial charge in [0, 0.05) is 25.2 Å². The first-order valence-corrected chi connectivity index (χ1v) is 7.44. The molecule has 0 atom stereocenters. The molecule has 4 nitrogen and oxygen atoms in total. The molecule has 2 aliphatic heterocycles. The van der Waals surface area contributed by atoms with Crippen LogP contribution in [-0.2, 0) is 4.79 Å². The lowest BCUT2D eigenvalue weighted by atomic mass is 9.72. The SMILES string of the molecule is O=C(c1ccc(F)cc1)N1CCC2(CCCNC2=O)CC1. The van der Waals surface area contributed by atoms with Gasteiger partial charge >= 0.3 is 0 Å². The maximum Gasteiger partial charge on any atom is 0.253 e. The van der Waals surface area contributed by atoms with Crippen molar-refractivity contribution >= 4 is 11.8 Å². The number of nitrogens with zero attached hydrogens (tertiary/aromatic N) is 1. The third-order valence-electron chi connectivity index (χ3n) is 4.70. The van der Waals surface area contributed by atoms with E-state index in [4.69, 9.17) is 0 Å². The van der Waals surface area contributed by atoms with Crippen molar-refractivity contribution in [2.24, 2.45) is 5.41 Å². The topological polar surface area (TPSA) is 49.4 Å². The van der Waals surface area contributed by atoms with E-state index in [2.05, 4.69) is 5.32 Å². The van der Waals surface area contributed by atoms with Crippen molar-refractivity contribution in [3.63, 3.8) is 0 Å². The smallest absolute Gasteiger partial charge is 0.253 e. The van der Waals surface area contributed by atoms with Crippen LogP contribution in [0.25, 0.3) is 0 Å². The summed E-state index contributed by atoms with van der Waals surface area (Å²) >= 11 is 0. The van der Waals surface area contributed by atoms with E-state index in [1.165, 1.54) is 24.3 Å². The van der Waals surface area contributed by atoms with Crippen LogP contribution in [0.2, 0.25) is 0 Å². The Labute approximate surface area is 123 Å². The number of halogens is 1. The number of hydrogen-bond donors (Lipinski definition) is 1. The predicted molar refractivity (Wildman–Crippen MR) is 76.2 cm³/mol. The lowest BCUT2D eigenvalue weighted by Crippen LogP contribution is -2.52. The van der Waals surface area contributed by atoms with Crippen LogP contribution in [0, 0.1) is 11.2 Å². The standard InChI is InChI=1S/C16H19FN2O2/c17-13-4-2-12(3-5-13)14(20)19-10-7-16(8-11-19)6-1-9-18-15(16)21/h2-5H,1,6-11H2,(H,18,21). The first-order valence-electron chi connectivity index (χ1n) is 7.44. The monoisotopic (exact) mass is 290 g/mol. The molecule has 3 rings (SSSR count). The molecule has 112 valence electrons. The maximum absolute atomic E-state index is 12.9. The Kier molecular flexibility index (Phi) is 3.66. The van der Waals surface area contributed by atoms with Crippen molar-refractivity contribution < 1.29 is 14.0 Å². The molecule has 0 radical (unpaired) electrons. The third-order valence-corrected chi connectivity index (χ3v) is 4.70. The maximum atomic E-state index is 12.9. The van der Waals surface area contributed by atoms with Gasteiger partial charge in [0.05, 0.1) is 5.41 Å². The van der Waals surface area contributed by atoms with Gasteiger partial charge in [0.1, 0.15) is 5.82 Å². The summed E-state index contributed by atoms with van der Waals surface area (Å²) in [6.07, 6.45) is 3.35. The van der Waals surface area contributed by atoms with Gasteiger partial charge in [0.2, 0.25) is 5.91 Å². The first-order chi connectivity index (χ1) is 10.1. The summed E-state index contributed by atoms with van der Waals surface area (Å²) in [6.45, 7) is 1.94. The highest BCUT2D eigenvalue weighted by Gasteiger charge is 2.43. The minimum Gasteiger partial charge on any atom is -0.356 e. The van der Waals surface area contributed by atoms with E-state index in [0.717, 1.165) is 19.4 Å². The average molecular weight is 290 g/mol. The van der Waals surface area contributed by atoms with E-state index in [0.29, 0.717) is 31.5 Å². The summed E-state index contributed by atoms with van der Waals surface area (Å²) in [4.78, 5) is 26.2. The molecule has 0 unspecified atom stereocenters. The van der Waals surface area contributed by atoms with E-state index in [-0.39, 0.29) is 23.0 Å². The molecule has 2 aliphatic rings. The molecule has 1 N–H and O–H groups in total. The fourth-order valence-corrected chi connectivity index (χ4v) is 3.32. The van der Waals surface area contributed by atoms with Crippen LogP contribution in [0.1, 0.15) is 36.0 Å². The van der Waals surface area contributed by atoms with Gasteiger partial charge in [-0.05, 0) is 49.9 Å². The first kappa shape index (κ1) is 14.0. The van der Waals surface area contributed by atoms with E-state index >= 15 is 0 Å². The van der Waals surface area contributed by atoms with Crippen LogP contribution in [0.15, 0.2) is 24.3 Å². The fraction of sp³-hybridized carbons (Fsp3) is 0.500. The van der Waals surface area contributed by atoms with Gasteiger partial charge in [-0.2, -0.15) is 0 Å². The summed E-state index contributed by atoms with van der Waals surface area (Å²) in [7, 11) is 0. The summed E-state index contributed by atoms with van der Waals surface area (Å²) in [6, 6.07) is 5.62. The molecular weight excluding hydrogens is 271 g/mol. The van der Waals surface area contributed by atoms with Gasteiger partial charge < -0.3 is 10.2 Å². The summed E-state index contributed by atoms with van der Waals surface area (Å²) in [5.41, 5.74) is 0.220. The lowest BCUT2D eigenvalue weighted by Gasteiger charge is -2.42. The molecule has 1 aromatic carbocycles. The molecule has 0 aromatic heterocycles. The molecule has 2 saturated heterocycles. The van der Waals surface area contributed by atoms with Gasteiger partial charge in [-0.3, -0.25) is 9.59 Å². The van der Waals surface area contributed by atoms with Crippen LogP contribution in [-0.4, -0.2) is 36.3 Å². The molecule has 2 fully saturated rings. The minimum absolute atomic E-state index is 0.0823. The second kappa shape index (κ2) is 5.47. The number of benzene rings is 1. The van der Waals surface area contributed by atoms with Crippen molar-refractivity contribution in [1.82, 2.24) is 10.2 Å². The lowest BCUT2D eigenvalue weighted by molar-refractivity contribution is -0.136. The largest absolute Gasteiger partial charge is 0.356 e. The Bertz CT molecular complexity index is 548. The summed E-state index contributed by atoms with van der Waals surface area (Å²) in [5.74, 6) is -0.285. The molecule has 0 bridgehead atoms. The average Bonchev–Trinajstić information content (AvgIpc) is 2.51. The highest BCUT2D eigenvalue weighted by atomic mass is 19.1. The second-order valence-corrected chi connectivity index (χ2v) is 5.94. The normalized spacial score (nSPS) is 21.2. The van der Waals surface area contributed by atoms with Crippen LogP contribution in [0.4, 0.5) is 4.39 Å². The third kappa shape index (κ3) is 2.64. The van der Waals surface area contributed by atoms with Crippen molar-refractivity contribution in [2.45, 2.75) is 25.7 Å². The number of amides is 2. The van der Waals surface area contributed by atoms with E-state index in [1.807, 2.05) is 0 Å². The Morgan fingerprint density at radius 1 is 1.14 bits per heavy atom. The van der Waals surface area contributed by atoms with Gasteiger partial charge in [0.25, 0.3) is 5.91 Å². The fourth-order valence-electron chi connectivity index (χ4n) is 3.32. The Hall–Kier alpha value is -1.91. The van der Waals surface area contributed by atoms with E-state index in [1.54, 1.807) is 4.90 Å². The van der Waals surface area contributed by atoms with Crippen LogP contribution >= 0.6 is 0 Å². The summed E-state index contributed by atoms with van der Waals surface area (Å²) < 4.78 is 12.9. The van der Waals surface area contributed by atoms with Crippen LogP contribution < -0.4 is 5.32 Å². The molecule has 2 amide bonds. The molecule has 5 heteroatoms. The molecule has 1 aromatic rings. The van der Waals surface area contributed by atoms with E-state index < -0.39 is 0 Å². The Morgan fingerprint density at radius 2 is 1.81 bits per heavy atom. The summed E-state index contributed by atoms with van der Waals surface area (Å²) in [5, 5.41) is 2.94. The van der Waals surface area contributed by atoms with Crippen molar-refractivity contribution in [3.05, 3.63) is 35.6 Å². The van der Waals surface area contributed by atoms with Gasteiger partial charge in [-0.15, -0.1) is 0 Å². The highest BCUT2D eigenvalue weighted by Crippen LogP contribution is 2.38. The van der Waals surface area contributed by atoms with Gasteiger partial charge in [-0.1, -0.05) is 0 Å². The minimum atomic E-state index is -0.344. The highest BCUT2D eigenvalue weighted by molar-refractivity contribution is 5.94. The number of hydrogen-bond acceptors (Lipinski definition) is 2. The Morgan fingerprint density at radius 3 is 2.43 bits per heavy atom. The predicted octanol–water partition coefficient (Wildman–Crippen LogP) is 1.96. The number of carbonyl (C=O) groups excluding carboxylic acids is 2. The van der Waals surface area contributed by atoms with Crippen molar-refractivity contribution in [3.8, 4) is 0 Å². The van der Waals surface area contributed by atoms with Crippen LogP contribution in [0.5, 0.6) is 0 Å². The zero-order chi connectivity index (χ0) is 14.9. The molecule has 0 aliphatic carbocycles. The molecule has 1 spiro atoms.